The third-order valence-electron chi connectivity index (χ3n) is 3.67. The molecule has 0 spiro atoms. The van der Waals surface area contributed by atoms with E-state index in [1.807, 2.05) is 0 Å². The topological polar surface area (TPSA) is 73.5 Å². The van der Waals surface area contributed by atoms with Crippen molar-refractivity contribution >= 4 is 11.2 Å². The number of nitrogens with zero attached hydrogens (tertiary/aromatic N) is 6. The number of aromatic nitrogens is 6. The molecule has 0 bridgehead atoms. The number of hydrogen-bond acceptors (Lipinski definition) is 5. The highest BCUT2D eigenvalue weighted by atomic mass is 19.3. The van der Waals surface area contributed by atoms with Crippen LogP contribution in [0.15, 0.2) is 18.6 Å². The highest BCUT2D eigenvalue weighted by molar-refractivity contribution is 5.70. The van der Waals surface area contributed by atoms with E-state index in [2.05, 4.69) is 25.5 Å². The van der Waals surface area contributed by atoms with E-state index in [0.29, 0.717) is 17.0 Å². The summed E-state index contributed by atoms with van der Waals surface area (Å²) in [6, 6.07) is 0. The molecule has 0 aliphatic carbocycles. The van der Waals surface area contributed by atoms with Gasteiger partial charge in [0.2, 0.25) is 0 Å². The van der Waals surface area contributed by atoms with E-state index in [1.54, 1.807) is 17.1 Å². The van der Waals surface area contributed by atoms with Gasteiger partial charge in [-0.3, -0.25) is 0 Å². The smallest absolute Gasteiger partial charge is 0.258 e. The molecule has 0 saturated carbocycles. The lowest BCUT2D eigenvalue weighted by atomic mass is 10.1. The van der Waals surface area contributed by atoms with E-state index in [9.17, 15) is 8.78 Å². The van der Waals surface area contributed by atoms with E-state index >= 15 is 0 Å². The molecule has 3 aromatic rings. The first kappa shape index (κ1) is 13.3. The lowest BCUT2D eigenvalue weighted by Crippen LogP contribution is -2.24. The van der Waals surface area contributed by atoms with Crippen LogP contribution in [0.5, 0.6) is 0 Å². The van der Waals surface area contributed by atoms with Crippen LogP contribution in [0.1, 0.15) is 11.3 Å². The van der Waals surface area contributed by atoms with Gasteiger partial charge in [0.1, 0.15) is 12.1 Å². The highest BCUT2D eigenvalue weighted by Gasteiger charge is 2.18. The molecule has 0 unspecified atom stereocenters. The number of halogens is 2. The first-order valence-electron chi connectivity index (χ1n) is 6.96. The van der Waals surface area contributed by atoms with E-state index in [1.165, 1.54) is 10.9 Å². The van der Waals surface area contributed by atoms with Crippen molar-refractivity contribution in [3.63, 3.8) is 0 Å². The second-order valence-corrected chi connectivity index (χ2v) is 5.11. The molecule has 22 heavy (non-hydrogen) atoms. The number of fused-ring (bicyclic) bond motifs is 2. The summed E-state index contributed by atoms with van der Waals surface area (Å²) in [6.07, 6.45) is 3.18. The molecule has 0 fully saturated rings. The normalized spacial score (nSPS) is 14.7. The second kappa shape index (κ2) is 5.09. The van der Waals surface area contributed by atoms with Crippen molar-refractivity contribution in [3.8, 4) is 5.82 Å². The molecule has 4 rings (SSSR count). The van der Waals surface area contributed by atoms with Gasteiger partial charge in [-0.1, -0.05) is 0 Å². The Morgan fingerprint density at radius 2 is 2.14 bits per heavy atom. The molecule has 1 aliphatic heterocycles. The van der Waals surface area contributed by atoms with Gasteiger partial charge in [-0.15, -0.1) is 0 Å². The van der Waals surface area contributed by atoms with Gasteiger partial charge in [0, 0.05) is 25.1 Å². The Hall–Kier alpha value is -2.42. The predicted octanol–water partition coefficient (Wildman–Crippen LogP) is 0.923. The van der Waals surface area contributed by atoms with Crippen molar-refractivity contribution in [3.05, 3.63) is 29.8 Å². The lowest BCUT2D eigenvalue weighted by Gasteiger charge is -2.14. The summed E-state index contributed by atoms with van der Waals surface area (Å²) >= 11 is 0. The van der Waals surface area contributed by atoms with Gasteiger partial charge < -0.3 is 5.32 Å². The lowest BCUT2D eigenvalue weighted by molar-refractivity contribution is 0.123. The summed E-state index contributed by atoms with van der Waals surface area (Å²) < 4.78 is 28.1. The van der Waals surface area contributed by atoms with Crippen LogP contribution in [0.3, 0.4) is 0 Å². The molecule has 1 aliphatic rings. The third kappa shape index (κ3) is 2.13. The maximum atomic E-state index is 12.6. The van der Waals surface area contributed by atoms with Gasteiger partial charge in [0.25, 0.3) is 6.43 Å². The SMILES string of the molecule is FC(F)Cn1ncc2ncc(-n3ncc4c3CCNC4)nc21. The Labute approximate surface area is 124 Å². The summed E-state index contributed by atoms with van der Waals surface area (Å²) in [5.74, 6) is 0.520. The quantitative estimate of drug-likeness (QED) is 0.779. The highest BCUT2D eigenvalue weighted by Crippen LogP contribution is 2.18. The van der Waals surface area contributed by atoms with E-state index in [-0.39, 0.29) is 0 Å². The minimum atomic E-state index is -2.49. The van der Waals surface area contributed by atoms with Crippen LogP contribution in [0, 0.1) is 0 Å². The Kier molecular flexibility index (Phi) is 3.07. The number of rotatable bonds is 3. The molecule has 7 nitrogen and oxygen atoms in total. The summed E-state index contributed by atoms with van der Waals surface area (Å²) in [4.78, 5) is 8.67. The van der Waals surface area contributed by atoms with Gasteiger partial charge >= 0.3 is 0 Å². The molecule has 0 amide bonds. The number of alkyl halides is 2. The van der Waals surface area contributed by atoms with E-state index < -0.39 is 13.0 Å². The summed E-state index contributed by atoms with van der Waals surface area (Å²) in [7, 11) is 0. The Morgan fingerprint density at radius 3 is 3.00 bits per heavy atom. The number of nitrogens with one attached hydrogen (secondary N) is 1. The van der Waals surface area contributed by atoms with Crippen LogP contribution >= 0.6 is 0 Å². The second-order valence-electron chi connectivity index (χ2n) is 5.11. The Bertz CT molecular complexity index is 823. The molecule has 1 N–H and O–H groups in total. The van der Waals surface area contributed by atoms with E-state index in [4.69, 9.17) is 0 Å². The van der Waals surface area contributed by atoms with Gasteiger partial charge in [-0.2, -0.15) is 10.2 Å². The minimum absolute atomic E-state index is 0.344. The first-order valence-corrected chi connectivity index (χ1v) is 6.96. The average Bonchev–Trinajstić information content (AvgIpc) is 3.11. The maximum Gasteiger partial charge on any atom is 0.258 e. The molecule has 4 heterocycles. The fraction of sp³-hybridized carbons (Fsp3) is 0.385. The standard InChI is InChI=1S/C13H13F2N7/c14-11(15)7-21-13-9(5-18-21)17-6-12(20-13)22-10-1-2-16-3-8(10)4-19-22/h4-6,11,16H,1-3,7H2. The van der Waals surface area contributed by atoms with Crippen molar-refractivity contribution in [2.24, 2.45) is 0 Å². The minimum Gasteiger partial charge on any atom is -0.312 e. The van der Waals surface area contributed by atoms with Crippen molar-refractivity contribution < 1.29 is 8.78 Å². The molecule has 114 valence electrons. The first-order chi connectivity index (χ1) is 10.7. The van der Waals surface area contributed by atoms with Crippen molar-refractivity contribution in [2.45, 2.75) is 25.9 Å². The zero-order valence-corrected chi connectivity index (χ0v) is 11.6. The van der Waals surface area contributed by atoms with Crippen molar-refractivity contribution in [1.82, 2.24) is 34.8 Å². The Balaban J connectivity index is 1.80. The van der Waals surface area contributed by atoms with E-state index in [0.717, 1.165) is 30.8 Å². The van der Waals surface area contributed by atoms with Crippen LogP contribution in [0.2, 0.25) is 0 Å². The van der Waals surface area contributed by atoms with Crippen LogP contribution in [-0.4, -0.2) is 42.5 Å². The summed E-state index contributed by atoms with van der Waals surface area (Å²) in [5, 5.41) is 11.5. The van der Waals surface area contributed by atoms with Crippen molar-refractivity contribution in [1.29, 1.82) is 0 Å². The maximum absolute atomic E-state index is 12.6. The van der Waals surface area contributed by atoms with Gasteiger partial charge in [0.05, 0.1) is 24.3 Å². The molecular weight excluding hydrogens is 292 g/mol. The largest absolute Gasteiger partial charge is 0.312 e. The molecule has 3 aromatic heterocycles. The molecule has 0 saturated heterocycles. The Morgan fingerprint density at radius 1 is 1.23 bits per heavy atom. The van der Waals surface area contributed by atoms with Crippen LogP contribution in [-0.2, 0) is 19.5 Å². The average molecular weight is 305 g/mol. The molecule has 0 aromatic carbocycles. The summed E-state index contributed by atoms with van der Waals surface area (Å²) in [5.41, 5.74) is 3.03. The fourth-order valence-corrected chi connectivity index (χ4v) is 2.66. The van der Waals surface area contributed by atoms with Crippen LogP contribution < -0.4 is 5.32 Å². The zero-order chi connectivity index (χ0) is 15.1. The van der Waals surface area contributed by atoms with Crippen LogP contribution in [0.25, 0.3) is 17.0 Å². The van der Waals surface area contributed by atoms with Gasteiger partial charge in [-0.05, 0) is 0 Å². The number of hydrogen-bond donors (Lipinski definition) is 1. The molecular formula is C13H13F2N7. The molecule has 0 radical (unpaired) electrons. The van der Waals surface area contributed by atoms with Crippen molar-refractivity contribution in [2.75, 3.05) is 6.54 Å². The predicted molar refractivity (Wildman–Crippen MR) is 73.9 cm³/mol. The van der Waals surface area contributed by atoms with Crippen LogP contribution in [0.4, 0.5) is 8.78 Å². The molecule has 0 atom stereocenters. The van der Waals surface area contributed by atoms with Gasteiger partial charge in [0.15, 0.2) is 11.5 Å². The van der Waals surface area contributed by atoms with Gasteiger partial charge in [-0.25, -0.2) is 28.1 Å². The fourth-order valence-electron chi connectivity index (χ4n) is 2.66. The third-order valence-corrected chi connectivity index (χ3v) is 3.67. The monoisotopic (exact) mass is 305 g/mol. The zero-order valence-electron chi connectivity index (χ0n) is 11.6. The summed E-state index contributed by atoms with van der Waals surface area (Å²) in [6.45, 7) is 1.15. The molecule has 9 heteroatoms.